The molecular weight excluding hydrogens is 355 g/mol. The van der Waals surface area contributed by atoms with Crippen LogP contribution in [0.15, 0.2) is 48.8 Å². The molecule has 3 heterocycles. The molecule has 4 rings (SSSR count). The Balaban J connectivity index is 1.35. The molecule has 0 aliphatic carbocycles. The van der Waals surface area contributed by atoms with Gasteiger partial charge >= 0.3 is 0 Å². The van der Waals surface area contributed by atoms with Crippen LogP contribution in [0.3, 0.4) is 0 Å². The van der Waals surface area contributed by atoms with Crippen LogP contribution in [0.2, 0.25) is 0 Å². The second kappa shape index (κ2) is 8.10. The summed E-state index contributed by atoms with van der Waals surface area (Å²) in [4.78, 5) is 21.3. The van der Waals surface area contributed by atoms with Crippen molar-refractivity contribution in [2.45, 2.75) is 19.9 Å². The number of carbonyl (C=O) groups is 1. The van der Waals surface area contributed by atoms with E-state index in [9.17, 15) is 9.18 Å². The Morgan fingerprint density at radius 2 is 1.96 bits per heavy atom. The van der Waals surface area contributed by atoms with Crippen LogP contribution < -0.4 is 0 Å². The van der Waals surface area contributed by atoms with E-state index in [1.165, 1.54) is 23.1 Å². The van der Waals surface area contributed by atoms with E-state index < -0.39 is 0 Å². The van der Waals surface area contributed by atoms with Gasteiger partial charge < -0.3 is 9.47 Å². The fourth-order valence-corrected chi connectivity index (χ4v) is 3.89. The first-order valence-electron chi connectivity index (χ1n) is 9.85. The van der Waals surface area contributed by atoms with Crippen LogP contribution in [0.25, 0.3) is 11.0 Å². The van der Waals surface area contributed by atoms with Gasteiger partial charge in [0.1, 0.15) is 11.5 Å². The Labute approximate surface area is 164 Å². The fraction of sp³-hybridized carbons (Fsp3) is 0.364. The molecule has 0 atom stereocenters. The van der Waals surface area contributed by atoms with E-state index in [1.54, 1.807) is 12.1 Å². The topological polar surface area (TPSA) is 41.4 Å². The van der Waals surface area contributed by atoms with Gasteiger partial charge in [0.05, 0.1) is 0 Å². The third kappa shape index (κ3) is 3.78. The first-order valence-corrected chi connectivity index (χ1v) is 9.85. The van der Waals surface area contributed by atoms with Gasteiger partial charge in [-0.1, -0.05) is 6.07 Å². The third-order valence-corrected chi connectivity index (χ3v) is 5.49. The molecule has 1 aliphatic rings. The second-order valence-electron chi connectivity index (χ2n) is 7.21. The number of aryl methyl sites for hydroxylation is 1. The minimum absolute atomic E-state index is 0.0868. The Morgan fingerprint density at radius 1 is 1.14 bits per heavy atom. The lowest BCUT2D eigenvalue weighted by molar-refractivity contribution is 0.0638. The monoisotopic (exact) mass is 380 g/mol. The van der Waals surface area contributed by atoms with Crippen molar-refractivity contribution >= 4 is 16.9 Å². The van der Waals surface area contributed by atoms with Crippen LogP contribution in [0.4, 0.5) is 4.39 Å². The average molecular weight is 380 g/mol. The first-order chi connectivity index (χ1) is 13.7. The summed E-state index contributed by atoms with van der Waals surface area (Å²) in [5.74, 6) is -0.457. The van der Waals surface area contributed by atoms with Crippen molar-refractivity contribution in [1.82, 2.24) is 19.4 Å². The molecule has 6 heteroatoms. The number of amides is 1. The quantitative estimate of drug-likeness (QED) is 0.683. The largest absolute Gasteiger partial charge is 0.336 e. The molecule has 1 aliphatic heterocycles. The van der Waals surface area contributed by atoms with Crippen LogP contribution in [-0.4, -0.2) is 58.0 Å². The highest BCUT2D eigenvalue weighted by Crippen LogP contribution is 2.20. The van der Waals surface area contributed by atoms with Crippen LogP contribution in [0.1, 0.15) is 22.8 Å². The first kappa shape index (κ1) is 18.6. The Hall–Kier alpha value is -2.73. The number of hydrogen-bond acceptors (Lipinski definition) is 3. The number of aromatic nitrogens is 2. The molecule has 146 valence electrons. The van der Waals surface area contributed by atoms with E-state index in [4.69, 9.17) is 0 Å². The van der Waals surface area contributed by atoms with Crippen LogP contribution >= 0.6 is 0 Å². The number of halogens is 1. The molecule has 0 N–H and O–H groups in total. The molecule has 1 saturated heterocycles. The summed E-state index contributed by atoms with van der Waals surface area (Å²) in [5.41, 5.74) is 2.79. The van der Waals surface area contributed by atoms with Crippen LogP contribution in [0, 0.1) is 5.82 Å². The second-order valence-corrected chi connectivity index (χ2v) is 7.21. The van der Waals surface area contributed by atoms with Gasteiger partial charge in [0.15, 0.2) is 0 Å². The molecule has 0 unspecified atom stereocenters. The average Bonchev–Trinajstić information content (AvgIpc) is 3.10. The van der Waals surface area contributed by atoms with E-state index in [2.05, 4.69) is 33.6 Å². The number of benzene rings is 1. The highest BCUT2D eigenvalue weighted by molar-refractivity contribution is 5.94. The Morgan fingerprint density at radius 3 is 2.71 bits per heavy atom. The fourth-order valence-electron chi connectivity index (χ4n) is 3.89. The van der Waals surface area contributed by atoms with E-state index >= 15 is 0 Å². The lowest BCUT2D eigenvalue weighted by atomic mass is 10.1. The smallest absolute Gasteiger partial charge is 0.254 e. The third-order valence-electron chi connectivity index (χ3n) is 5.49. The maximum Gasteiger partial charge on any atom is 0.254 e. The predicted molar refractivity (Wildman–Crippen MR) is 108 cm³/mol. The van der Waals surface area contributed by atoms with Crippen molar-refractivity contribution in [2.24, 2.45) is 0 Å². The molecule has 1 amide bonds. The summed E-state index contributed by atoms with van der Waals surface area (Å²) in [5, 5.41) is 1.23. The van der Waals surface area contributed by atoms with E-state index in [-0.39, 0.29) is 11.7 Å². The molecule has 28 heavy (non-hydrogen) atoms. The summed E-state index contributed by atoms with van der Waals surface area (Å²) < 4.78 is 15.6. The van der Waals surface area contributed by atoms with Crippen molar-refractivity contribution in [3.63, 3.8) is 0 Å². The minimum atomic E-state index is -0.370. The zero-order valence-corrected chi connectivity index (χ0v) is 16.1. The maximum absolute atomic E-state index is 13.4. The molecule has 0 radical (unpaired) electrons. The molecule has 2 aromatic heterocycles. The molecule has 5 nitrogen and oxygen atoms in total. The summed E-state index contributed by atoms with van der Waals surface area (Å²) in [6.07, 6.45) is 5.02. The van der Waals surface area contributed by atoms with Gasteiger partial charge in [-0.3, -0.25) is 9.69 Å². The van der Waals surface area contributed by atoms with Crippen molar-refractivity contribution in [2.75, 3.05) is 32.7 Å². The SMILES string of the molecule is CCn1cc(CCN2CCN(C(=O)c3cccc(F)c3)CC2)c2cccnc21. The highest BCUT2D eigenvalue weighted by atomic mass is 19.1. The molecule has 3 aromatic rings. The van der Waals surface area contributed by atoms with Gasteiger partial charge in [-0.2, -0.15) is 0 Å². The molecule has 0 saturated carbocycles. The van der Waals surface area contributed by atoms with Gasteiger partial charge in [0, 0.05) is 62.6 Å². The Bertz CT molecular complexity index is 976. The van der Waals surface area contributed by atoms with Gasteiger partial charge in [-0.05, 0) is 49.2 Å². The number of rotatable bonds is 5. The van der Waals surface area contributed by atoms with E-state index in [0.29, 0.717) is 18.7 Å². The number of piperazine rings is 1. The van der Waals surface area contributed by atoms with Gasteiger partial charge in [0.2, 0.25) is 0 Å². The number of fused-ring (bicyclic) bond motifs is 1. The van der Waals surface area contributed by atoms with E-state index in [0.717, 1.165) is 38.2 Å². The number of nitrogens with zero attached hydrogens (tertiary/aromatic N) is 4. The molecular formula is C22H25FN4O. The summed E-state index contributed by atoms with van der Waals surface area (Å²) in [6.45, 7) is 7.03. The lowest BCUT2D eigenvalue weighted by Crippen LogP contribution is -2.49. The Kier molecular flexibility index (Phi) is 5.39. The normalized spacial score (nSPS) is 15.3. The van der Waals surface area contributed by atoms with Gasteiger partial charge in [0.25, 0.3) is 5.91 Å². The number of carbonyl (C=O) groups excluding carboxylic acids is 1. The summed E-state index contributed by atoms with van der Waals surface area (Å²) in [7, 11) is 0. The number of pyridine rings is 1. The van der Waals surface area contributed by atoms with Gasteiger partial charge in [-0.15, -0.1) is 0 Å². The zero-order chi connectivity index (χ0) is 19.5. The minimum Gasteiger partial charge on any atom is -0.336 e. The molecule has 0 bridgehead atoms. The van der Waals surface area contributed by atoms with Crippen molar-refractivity contribution in [3.05, 3.63) is 65.7 Å². The molecule has 1 aromatic carbocycles. The maximum atomic E-state index is 13.4. The van der Waals surface area contributed by atoms with Crippen molar-refractivity contribution in [3.8, 4) is 0 Å². The number of hydrogen-bond donors (Lipinski definition) is 0. The van der Waals surface area contributed by atoms with Crippen LogP contribution in [0.5, 0.6) is 0 Å². The van der Waals surface area contributed by atoms with Crippen molar-refractivity contribution in [1.29, 1.82) is 0 Å². The van der Waals surface area contributed by atoms with Crippen molar-refractivity contribution < 1.29 is 9.18 Å². The van der Waals surface area contributed by atoms with Crippen LogP contribution in [-0.2, 0) is 13.0 Å². The summed E-state index contributed by atoms with van der Waals surface area (Å²) in [6, 6.07) is 10.1. The summed E-state index contributed by atoms with van der Waals surface area (Å²) >= 11 is 0. The lowest BCUT2D eigenvalue weighted by Gasteiger charge is -2.34. The standard InChI is InChI=1S/C22H25FN4O/c1-2-26-16-18(20-7-4-9-24-21(20)26)8-10-25-11-13-27(14-12-25)22(28)17-5-3-6-19(23)15-17/h3-7,9,15-16H,2,8,10-14H2,1H3. The highest BCUT2D eigenvalue weighted by Gasteiger charge is 2.22. The zero-order valence-electron chi connectivity index (χ0n) is 16.1. The molecule has 1 fully saturated rings. The van der Waals surface area contributed by atoms with Gasteiger partial charge in [-0.25, -0.2) is 9.37 Å². The van der Waals surface area contributed by atoms with E-state index in [1.807, 2.05) is 17.2 Å². The molecule has 0 spiro atoms. The predicted octanol–water partition coefficient (Wildman–Crippen LogP) is 3.20.